The zero-order valence-electron chi connectivity index (χ0n) is 16.1. The zero-order chi connectivity index (χ0) is 21.4. The molecule has 0 unspecified atom stereocenters. The van der Waals surface area contributed by atoms with Gasteiger partial charge in [0.2, 0.25) is 5.82 Å². The summed E-state index contributed by atoms with van der Waals surface area (Å²) in [6.07, 6.45) is 5.55. The number of benzene rings is 2. The third kappa shape index (κ3) is 3.69. The minimum absolute atomic E-state index is 0.0123. The molecule has 0 aliphatic carbocycles. The molecule has 0 saturated carbocycles. The summed E-state index contributed by atoms with van der Waals surface area (Å²) in [6.45, 7) is 0.310. The predicted molar refractivity (Wildman–Crippen MR) is 115 cm³/mol. The number of halogens is 1. The molecule has 5 rings (SSSR count). The Kier molecular flexibility index (Phi) is 4.76. The summed E-state index contributed by atoms with van der Waals surface area (Å²) in [5.41, 5.74) is 3.21. The molecule has 31 heavy (non-hydrogen) atoms. The Morgan fingerprint density at radius 3 is 2.68 bits per heavy atom. The van der Waals surface area contributed by atoms with Crippen LogP contribution in [0.2, 0.25) is 5.02 Å². The molecule has 0 aliphatic rings. The number of aromatic nitrogens is 5. The van der Waals surface area contributed by atoms with Gasteiger partial charge in [-0.25, -0.2) is 0 Å². The normalized spacial score (nSPS) is 11.3. The number of nitrogens with zero attached hydrogens (tertiary/aromatic N) is 5. The van der Waals surface area contributed by atoms with Crippen molar-refractivity contribution in [1.29, 1.82) is 0 Å². The maximum absolute atomic E-state index is 10.8. The van der Waals surface area contributed by atoms with Crippen molar-refractivity contribution in [3.05, 3.63) is 72.1 Å². The molecule has 0 aliphatic heterocycles. The van der Waals surface area contributed by atoms with E-state index < -0.39 is 5.97 Å². The van der Waals surface area contributed by atoms with Gasteiger partial charge in [0.15, 0.2) is 0 Å². The highest BCUT2D eigenvalue weighted by molar-refractivity contribution is 6.32. The Bertz CT molecular complexity index is 1390. The second-order valence-corrected chi connectivity index (χ2v) is 7.37. The topological polar surface area (TPSA) is 99.0 Å². The van der Waals surface area contributed by atoms with Gasteiger partial charge in [-0.1, -0.05) is 16.8 Å². The van der Waals surface area contributed by atoms with E-state index in [4.69, 9.17) is 21.2 Å². The first-order chi connectivity index (χ1) is 15.1. The van der Waals surface area contributed by atoms with E-state index in [1.807, 2.05) is 59.4 Å². The van der Waals surface area contributed by atoms with Crippen LogP contribution < -0.4 is 0 Å². The number of carboxylic acids is 1. The van der Waals surface area contributed by atoms with E-state index in [9.17, 15) is 4.79 Å². The highest BCUT2D eigenvalue weighted by Crippen LogP contribution is 2.29. The molecular weight excluding hydrogens is 418 g/mol. The van der Waals surface area contributed by atoms with E-state index in [-0.39, 0.29) is 6.42 Å². The number of hydrogen-bond donors (Lipinski definition) is 1. The maximum Gasteiger partial charge on any atom is 0.305 e. The number of hydrogen-bond acceptors (Lipinski definition) is 5. The molecule has 154 valence electrons. The molecule has 2 aromatic carbocycles. The molecule has 0 spiro atoms. The van der Waals surface area contributed by atoms with Crippen LogP contribution in [0.5, 0.6) is 0 Å². The molecule has 0 atom stereocenters. The van der Waals surface area contributed by atoms with Gasteiger partial charge in [-0.15, -0.1) is 0 Å². The lowest BCUT2D eigenvalue weighted by Gasteiger charge is -2.06. The number of aryl methyl sites for hydroxylation is 1. The standard InChI is InChI=1S/C22H16ClN5O3/c23-17-12-15(4-6-19(17)27-8-1-2-9-27)22-25-21(26-31-22)14-3-5-18-16(11-14)13-24-28(18)10-7-20(29)30/h1-6,8-9,11-13H,7,10H2,(H,29,30). The summed E-state index contributed by atoms with van der Waals surface area (Å²) < 4.78 is 9.06. The SMILES string of the molecule is O=C(O)CCn1ncc2cc(-c3noc(-c4ccc(-n5cccc5)c(Cl)c4)n3)ccc21. The lowest BCUT2D eigenvalue weighted by atomic mass is 10.1. The van der Waals surface area contributed by atoms with Gasteiger partial charge in [-0.05, 0) is 48.5 Å². The molecule has 0 amide bonds. The fourth-order valence-corrected chi connectivity index (χ4v) is 3.69. The number of carbonyl (C=O) groups is 1. The van der Waals surface area contributed by atoms with Crippen LogP contribution in [0.15, 0.2) is 71.6 Å². The van der Waals surface area contributed by atoms with Crippen molar-refractivity contribution in [1.82, 2.24) is 24.5 Å². The third-order valence-corrected chi connectivity index (χ3v) is 5.24. The summed E-state index contributed by atoms with van der Waals surface area (Å²) in [6, 6.07) is 15.1. The zero-order valence-corrected chi connectivity index (χ0v) is 16.9. The Labute approximate surface area is 181 Å². The molecular formula is C22H16ClN5O3. The molecule has 0 fully saturated rings. The Morgan fingerprint density at radius 2 is 1.90 bits per heavy atom. The van der Waals surface area contributed by atoms with Crippen LogP contribution in [0.3, 0.4) is 0 Å². The first-order valence-corrected chi connectivity index (χ1v) is 9.91. The minimum Gasteiger partial charge on any atom is -0.481 e. The van der Waals surface area contributed by atoms with Crippen molar-refractivity contribution in [2.75, 3.05) is 0 Å². The fourth-order valence-electron chi connectivity index (χ4n) is 3.41. The van der Waals surface area contributed by atoms with Crippen LogP contribution in [-0.2, 0) is 11.3 Å². The van der Waals surface area contributed by atoms with E-state index in [2.05, 4.69) is 15.2 Å². The summed E-state index contributed by atoms with van der Waals surface area (Å²) >= 11 is 6.45. The number of fused-ring (bicyclic) bond motifs is 1. The molecule has 0 saturated heterocycles. The van der Waals surface area contributed by atoms with Crippen LogP contribution in [0.4, 0.5) is 0 Å². The summed E-state index contributed by atoms with van der Waals surface area (Å²) in [4.78, 5) is 15.3. The summed E-state index contributed by atoms with van der Waals surface area (Å²) in [5, 5.41) is 18.7. The first-order valence-electron chi connectivity index (χ1n) is 9.53. The minimum atomic E-state index is -0.860. The monoisotopic (exact) mass is 433 g/mol. The summed E-state index contributed by atoms with van der Waals surface area (Å²) in [7, 11) is 0. The average Bonchev–Trinajstić information content (AvgIpc) is 3.52. The van der Waals surface area contributed by atoms with E-state index in [1.165, 1.54) is 0 Å². The predicted octanol–water partition coefficient (Wildman–Crippen LogP) is 4.67. The van der Waals surface area contributed by atoms with Gasteiger partial charge in [0.25, 0.3) is 5.89 Å². The molecule has 3 heterocycles. The smallest absolute Gasteiger partial charge is 0.305 e. The van der Waals surface area contributed by atoms with E-state index in [1.54, 1.807) is 16.9 Å². The largest absolute Gasteiger partial charge is 0.481 e. The first kappa shape index (κ1) is 19.1. The van der Waals surface area contributed by atoms with Crippen LogP contribution >= 0.6 is 11.6 Å². The Balaban J connectivity index is 1.42. The van der Waals surface area contributed by atoms with Crippen molar-refractivity contribution >= 4 is 28.5 Å². The van der Waals surface area contributed by atoms with Gasteiger partial charge < -0.3 is 14.2 Å². The lowest BCUT2D eigenvalue weighted by molar-refractivity contribution is -0.137. The molecule has 5 aromatic rings. The van der Waals surface area contributed by atoms with Crippen molar-refractivity contribution in [2.45, 2.75) is 13.0 Å². The quantitative estimate of drug-likeness (QED) is 0.417. The molecule has 0 radical (unpaired) electrons. The Hall–Kier alpha value is -3.91. The average molecular weight is 434 g/mol. The lowest BCUT2D eigenvalue weighted by Crippen LogP contribution is -2.05. The van der Waals surface area contributed by atoms with E-state index in [0.717, 1.165) is 27.7 Å². The fraction of sp³-hybridized carbons (Fsp3) is 0.0909. The number of rotatable bonds is 6. The van der Waals surface area contributed by atoms with Crippen LogP contribution in [0.1, 0.15) is 6.42 Å². The number of carboxylic acid groups (broad SMARTS) is 1. The molecule has 8 nitrogen and oxygen atoms in total. The van der Waals surface area contributed by atoms with Gasteiger partial charge in [0.1, 0.15) is 0 Å². The van der Waals surface area contributed by atoms with Gasteiger partial charge >= 0.3 is 5.97 Å². The van der Waals surface area contributed by atoms with E-state index in [0.29, 0.717) is 23.3 Å². The van der Waals surface area contributed by atoms with Crippen LogP contribution in [0.25, 0.3) is 39.4 Å². The summed E-state index contributed by atoms with van der Waals surface area (Å²) in [5.74, 6) is -0.0462. The number of aliphatic carboxylic acids is 1. The molecule has 1 N–H and O–H groups in total. The van der Waals surface area contributed by atoms with Crippen LogP contribution in [0, 0.1) is 0 Å². The Morgan fingerprint density at radius 1 is 1.10 bits per heavy atom. The van der Waals surface area contributed by atoms with Gasteiger partial charge in [-0.3, -0.25) is 9.48 Å². The van der Waals surface area contributed by atoms with E-state index >= 15 is 0 Å². The molecule has 3 aromatic heterocycles. The highest BCUT2D eigenvalue weighted by Gasteiger charge is 2.14. The third-order valence-electron chi connectivity index (χ3n) is 4.94. The van der Waals surface area contributed by atoms with Crippen molar-refractivity contribution in [3.63, 3.8) is 0 Å². The van der Waals surface area contributed by atoms with Crippen molar-refractivity contribution in [2.24, 2.45) is 0 Å². The molecule has 9 heteroatoms. The second-order valence-electron chi connectivity index (χ2n) is 6.96. The van der Waals surface area contributed by atoms with Gasteiger partial charge in [-0.2, -0.15) is 10.1 Å². The second kappa shape index (κ2) is 7.73. The van der Waals surface area contributed by atoms with Crippen molar-refractivity contribution < 1.29 is 14.4 Å². The van der Waals surface area contributed by atoms with Gasteiger partial charge in [0, 0.05) is 28.9 Å². The van der Waals surface area contributed by atoms with Crippen molar-refractivity contribution in [3.8, 4) is 28.5 Å². The van der Waals surface area contributed by atoms with Gasteiger partial charge in [0.05, 0.1) is 35.4 Å². The van der Waals surface area contributed by atoms with Crippen LogP contribution in [-0.4, -0.2) is 35.6 Å². The maximum atomic E-state index is 10.8. The molecule has 0 bridgehead atoms. The highest BCUT2D eigenvalue weighted by atomic mass is 35.5.